The van der Waals surface area contributed by atoms with Gasteiger partial charge in [-0.1, -0.05) is 30.3 Å². The molecule has 0 bridgehead atoms. The maximum atomic E-state index is 5.79. The van der Waals surface area contributed by atoms with Crippen LogP contribution in [0, 0.1) is 13.8 Å². The molecule has 0 aliphatic heterocycles. The number of benzene rings is 1. The average Bonchev–Trinajstić information content (AvgIpc) is 2.47. The molecule has 106 valence electrons. The summed E-state index contributed by atoms with van der Waals surface area (Å²) in [5.41, 5.74) is 2.29. The molecule has 2 aromatic rings. The van der Waals surface area contributed by atoms with Crippen LogP contribution in [0.25, 0.3) is 0 Å². The maximum Gasteiger partial charge on any atom is 0.221 e. The van der Waals surface area contributed by atoms with E-state index >= 15 is 0 Å². The van der Waals surface area contributed by atoms with Gasteiger partial charge in [0.2, 0.25) is 5.88 Å². The summed E-state index contributed by atoms with van der Waals surface area (Å²) in [7, 11) is 1.86. The van der Waals surface area contributed by atoms with E-state index in [9.17, 15) is 0 Å². The normalized spacial score (nSPS) is 10.3. The summed E-state index contributed by atoms with van der Waals surface area (Å²) in [5.74, 6) is 2.23. The first-order chi connectivity index (χ1) is 9.70. The molecule has 0 spiro atoms. The van der Waals surface area contributed by atoms with Crippen molar-refractivity contribution in [2.24, 2.45) is 0 Å². The first-order valence-electron chi connectivity index (χ1n) is 6.90. The summed E-state index contributed by atoms with van der Waals surface area (Å²) in [6.07, 6.45) is 1.99. The van der Waals surface area contributed by atoms with Crippen molar-refractivity contribution in [1.82, 2.24) is 9.97 Å². The summed E-state index contributed by atoms with van der Waals surface area (Å²) in [6, 6.07) is 10.4. The Hall–Kier alpha value is -2.10. The van der Waals surface area contributed by atoms with Crippen molar-refractivity contribution in [3.05, 3.63) is 47.3 Å². The Morgan fingerprint density at radius 3 is 2.55 bits per heavy atom. The first kappa shape index (κ1) is 14.3. The molecule has 0 aliphatic rings. The van der Waals surface area contributed by atoms with Crippen LogP contribution in [-0.2, 0) is 6.42 Å². The van der Waals surface area contributed by atoms with Crippen LogP contribution in [0.3, 0.4) is 0 Å². The molecule has 0 saturated carbocycles. The second-order valence-corrected chi connectivity index (χ2v) is 4.74. The van der Waals surface area contributed by atoms with E-state index in [0.29, 0.717) is 12.5 Å². The van der Waals surface area contributed by atoms with E-state index in [-0.39, 0.29) is 0 Å². The third-order valence-corrected chi connectivity index (χ3v) is 3.14. The second-order valence-electron chi connectivity index (χ2n) is 4.74. The first-order valence-corrected chi connectivity index (χ1v) is 6.90. The Balaban J connectivity index is 1.90. The summed E-state index contributed by atoms with van der Waals surface area (Å²) >= 11 is 0. The van der Waals surface area contributed by atoms with Gasteiger partial charge >= 0.3 is 0 Å². The van der Waals surface area contributed by atoms with Crippen LogP contribution < -0.4 is 10.1 Å². The van der Waals surface area contributed by atoms with Crippen molar-refractivity contribution >= 4 is 5.82 Å². The van der Waals surface area contributed by atoms with Crippen molar-refractivity contribution in [2.45, 2.75) is 26.7 Å². The van der Waals surface area contributed by atoms with Gasteiger partial charge in [-0.15, -0.1) is 0 Å². The molecule has 1 aromatic carbocycles. The summed E-state index contributed by atoms with van der Waals surface area (Å²) in [4.78, 5) is 8.68. The highest BCUT2D eigenvalue weighted by atomic mass is 16.5. The fraction of sp³-hybridized carbons (Fsp3) is 0.375. The minimum Gasteiger partial charge on any atom is -0.477 e. The minimum absolute atomic E-state index is 0.662. The molecule has 20 heavy (non-hydrogen) atoms. The molecule has 0 amide bonds. The third kappa shape index (κ3) is 3.70. The number of nitrogens with zero attached hydrogens (tertiary/aromatic N) is 2. The quantitative estimate of drug-likeness (QED) is 0.820. The number of hydrogen-bond donors (Lipinski definition) is 1. The fourth-order valence-electron chi connectivity index (χ4n) is 2.08. The van der Waals surface area contributed by atoms with Crippen molar-refractivity contribution in [3.63, 3.8) is 0 Å². The zero-order chi connectivity index (χ0) is 14.4. The molecule has 4 nitrogen and oxygen atoms in total. The molecule has 1 heterocycles. The Morgan fingerprint density at radius 1 is 1.10 bits per heavy atom. The van der Waals surface area contributed by atoms with Gasteiger partial charge < -0.3 is 10.1 Å². The van der Waals surface area contributed by atoms with E-state index in [2.05, 4.69) is 39.6 Å². The molecule has 0 saturated heterocycles. The molecule has 4 heteroatoms. The van der Waals surface area contributed by atoms with Crippen molar-refractivity contribution in [3.8, 4) is 5.88 Å². The van der Waals surface area contributed by atoms with Crippen LogP contribution >= 0.6 is 0 Å². The van der Waals surface area contributed by atoms with Crippen LogP contribution in [0.4, 0.5) is 5.82 Å². The third-order valence-electron chi connectivity index (χ3n) is 3.14. The van der Waals surface area contributed by atoms with Gasteiger partial charge in [-0.05, 0) is 32.3 Å². The lowest BCUT2D eigenvalue weighted by Gasteiger charge is -2.11. The lowest BCUT2D eigenvalue weighted by atomic mass is 10.1. The fourth-order valence-corrected chi connectivity index (χ4v) is 2.08. The highest BCUT2D eigenvalue weighted by Crippen LogP contribution is 2.21. The molecule has 0 aliphatic carbocycles. The molecule has 1 N–H and O–H groups in total. The predicted molar refractivity (Wildman–Crippen MR) is 81.3 cm³/mol. The van der Waals surface area contributed by atoms with Crippen LogP contribution in [0.5, 0.6) is 5.88 Å². The summed E-state index contributed by atoms with van der Waals surface area (Å²) < 4.78 is 5.79. The minimum atomic E-state index is 0.662. The number of aryl methyl sites for hydroxylation is 2. The van der Waals surface area contributed by atoms with E-state index < -0.39 is 0 Å². The van der Waals surface area contributed by atoms with Gasteiger partial charge in [0.25, 0.3) is 0 Å². The van der Waals surface area contributed by atoms with Crippen molar-refractivity contribution in [2.75, 3.05) is 19.0 Å². The van der Waals surface area contributed by atoms with E-state index in [1.165, 1.54) is 5.56 Å². The number of anilines is 1. The molecular weight excluding hydrogens is 250 g/mol. The predicted octanol–water partition coefficient (Wildman–Crippen LogP) is 3.15. The van der Waals surface area contributed by atoms with Gasteiger partial charge in [-0.3, -0.25) is 0 Å². The number of nitrogens with one attached hydrogen (secondary N) is 1. The van der Waals surface area contributed by atoms with Crippen molar-refractivity contribution in [1.29, 1.82) is 0 Å². The Labute approximate surface area is 120 Å². The zero-order valence-corrected chi connectivity index (χ0v) is 12.3. The van der Waals surface area contributed by atoms with Gasteiger partial charge in [0.05, 0.1) is 12.2 Å². The van der Waals surface area contributed by atoms with Gasteiger partial charge in [-0.2, -0.15) is 4.98 Å². The highest BCUT2D eigenvalue weighted by molar-refractivity contribution is 5.47. The van der Waals surface area contributed by atoms with E-state index in [4.69, 9.17) is 4.74 Å². The second kappa shape index (κ2) is 6.89. The lowest BCUT2D eigenvalue weighted by molar-refractivity contribution is 0.296. The van der Waals surface area contributed by atoms with Crippen LogP contribution in [0.15, 0.2) is 30.3 Å². The molecule has 0 unspecified atom stereocenters. The van der Waals surface area contributed by atoms with Gasteiger partial charge in [0.15, 0.2) is 0 Å². The average molecular weight is 271 g/mol. The topological polar surface area (TPSA) is 47.0 Å². The number of rotatable bonds is 6. The van der Waals surface area contributed by atoms with E-state index in [1.54, 1.807) is 0 Å². The van der Waals surface area contributed by atoms with Gasteiger partial charge in [0, 0.05) is 7.05 Å². The number of aromatic nitrogens is 2. The molecule has 0 radical (unpaired) electrons. The Kier molecular flexibility index (Phi) is 4.93. The summed E-state index contributed by atoms with van der Waals surface area (Å²) in [5, 5.41) is 3.06. The molecule has 0 fully saturated rings. The standard InChI is InChI=1S/C16H21N3O/c1-12-15(17-3)18-13(2)19-16(12)20-11-7-10-14-8-5-4-6-9-14/h4-6,8-9H,7,10-11H2,1-3H3,(H,17,18,19). The lowest BCUT2D eigenvalue weighted by Crippen LogP contribution is -2.07. The van der Waals surface area contributed by atoms with E-state index in [1.807, 2.05) is 27.0 Å². The molecule has 1 aromatic heterocycles. The van der Waals surface area contributed by atoms with Crippen LogP contribution in [0.1, 0.15) is 23.4 Å². The Bertz CT molecular complexity index is 555. The number of ether oxygens (including phenoxy) is 1. The molecule has 0 atom stereocenters. The molecule has 2 rings (SSSR count). The SMILES string of the molecule is CNc1nc(C)nc(OCCCc2ccccc2)c1C. The van der Waals surface area contributed by atoms with Crippen LogP contribution in [0.2, 0.25) is 0 Å². The highest BCUT2D eigenvalue weighted by Gasteiger charge is 2.08. The van der Waals surface area contributed by atoms with Crippen molar-refractivity contribution < 1.29 is 4.74 Å². The largest absolute Gasteiger partial charge is 0.477 e. The summed E-state index contributed by atoms with van der Waals surface area (Å²) in [6.45, 7) is 4.50. The smallest absolute Gasteiger partial charge is 0.221 e. The van der Waals surface area contributed by atoms with Gasteiger partial charge in [-0.25, -0.2) is 4.98 Å². The van der Waals surface area contributed by atoms with E-state index in [0.717, 1.165) is 30.0 Å². The zero-order valence-electron chi connectivity index (χ0n) is 12.3. The maximum absolute atomic E-state index is 5.79. The monoisotopic (exact) mass is 271 g/mol. The van der Waals surface area contributed by atoms with Crippen LogP contribution in [-0.4, -0.2) is 23.6 Å². The Morgan fingerprint density at radius 2 is 1.85 bits per heavy atom. The van der Waals surface area contributed by atoms with Gasteiger partial charge in [0.1, 0.15) is 11.6 Å². The molecular formula is C16H21N3O. The number of hydrogen-bond acceptors (Lipinski definition) is 4.